The van der Waals surface area contributed by atoms with Gasteiger partial charge in [-0.2, -0.15) is 0 Å². The molecule has 0 fully saturated rings. The fourth-order valence-corrected chi connectivity index (χ4v) is 2.90. The summed E-state index contributed by atoms with van der Waals surface area (Å²) in [4.78, 5) is 17.4. The van der Waals surface area contributed by atoms with Gasteiger partial charge in [-0.3, -0.25) is 4.79 Å². The lowest BCUT2D eigenvalue weighted by Gasteiger charge is -2.14. The third-order valence-corrected chi connectivity index (χ3v) is 3.89. The van der Waals surface area contributed by atoms with Crippen LogP contribution in [0.25, 0.3) is 16.8 Å². The van der Waals surface area contributed by atoms with E-state index in [-0.39, 0.29) is 5.56 Å². The molecule has 0 saturated carbocycles. The van der Waals surface area contributed by atoms with Crippen molar-refractivity contribution in [3.63, 3.8) is 0 Å². The second kappa shape index (κ2) is 4.78. The van der Waals surface area contributed by atoms with Gasteiger partial charge in [0.25, 0.3) is 5.56 Å². The van der Waals surface area contributed by atoms with Crippen LogP contribution in [0.3, 0.4) is 0 Å². The molecule has 0 amide bonds. The number of aromatic nitrogens is 3. The van der Waals surface area contributed by atoms with Gasteiger partial charge in [0, 0.05) is 17.8 Å². The summed E-state index contributed by atoms with van der Waals surface area (Å²) in [6, 6.07) is 7.82. The van der Waals surface area contributed by atoms with Gasteiger partial charge in [0.2, 0.25) is 5.78 Å². The second-order valence-electron chi connectivity index (χ2n) is 5.11. The summed E-state index contributed by atoms with van der Waals surface area (Å²) < 4.78 is 3.93. The van der Waals surface area contributed by atoms with E-state index in [1.165, 1.54) is 0 Å². The number of para-hydroxylation sites is 2. The first-order valence-corrected chi connectivity index (χ1v) is 7.18. The smallest absolute Gasteiger partial charge is 0.262 e. The van der Waals surface area contributed by atoms with Gasteiger partial charge in [0.1, 0.15) is 0 Å². The molecular formula is C16H19N3O. The normalized spacial score (nSPS) is 11.6. The first-order valence-electron chi connectivity index (χ1n) is 7.18. The molecule has 0 spiro atoms. The molecule has 2 heterocycles. The summed E-state index contributed by atoms with van der Waals surface area (Å²) in [6.07, 6.45) is 1.77. The van der Waals surface area contributed by atoms with E-state index in [9.17, 15) is 4.79 Å². The van der Waals surface area contributed by atoms with E-state index < -0.39 is 0 Å². The summed E-state index contributed by atoms with van der Waals surface area (Å²) in [5.41, 5.74) is 3.77. The minimum atomic E-state index is 0.0704. The molecule has 104 valence electrons. The Labute approximate surface area is 117 Å². The molecule has 3 rings (SSSR count). The van der Waals surface area contributed by atoms with Crippen molar-refractivity contribution in [1.82, 2.24) is 14.0 Å². The van der Waals surface area contributed by atoms with Crippen molar-refractivity contribution in [2.75, 3.05) is 0 Å². The van der Waals surface area contributed by atoms with E-state index in [1.54, 1.807) is 4.40 Å². The molecule has 0 unspecified atom stereocenters. The van der Waals surface area contributed by atoms with Crippen molar-refractivity contribution < 1.29 is 0 Å². The highest BCUT2D eigenvalue weighted by Crippen LogP contribution is 2.17. The molecule has 0 aliphatic carbocycles. The highest BCUT2D eigenvalue weighted by molar-refractivity contribution is 5.79. The first-order chi connectivity index (χ1) is 9.69. The van der Waals surface area contributed by atoms with E-state index >= 15 is 0 Å². The third-order valence-electron chi connectivity index (χ3n) is 3.89. The van der Waals surface area contributed by atoms with E-state index in [1.807, 2.05) is 38.1 Å². The molecule has 1 aromatic carbocycles. The van der Waals surface area contributed by atoms with Crippen molar-refractivity contribution in [2.45, 2.75) is 40.2 Å². The number of imidazole rings is 1. The molecule has 0 radical (unpaired) electrons. The van der Waals surface area contributed by atoms with Crippen molar-refractivity contribution >= 4 is 16.8 Å². The Balaban J connectivity index is 2.56. The molecule has 0 N–H and O–H groups in total. The topological polar surface area (TPSA) is 39.3 Å². The van der Waals surface area contributed by atoms with Gasteiger partial charge < -0.3 is 4.57 Å². The monoisotopic (exact) mass is 269 g/mol. The molecule has 0 aliphatic rings. The highest BCUT2D eigenvalue weighted by atomic mass is 16.1. The molecule has 0 atom stereocenters. The molecule has 3 aromatic rings. The maximum Gasteiger partial charge on any atom is 0.262 e. The van der Waals surface area contributed by atoms with Gasteiger partial charge in [-0.15, -0.1) is 0 Å². The molecule has 4 heteroatoms. The lowest BCUT2D eigenvalue weighted by Crippen LogP contribution is -2.25. The van der Waals surface area contributed by atoms with Crippen LogP contribution in [0.2, 0.25) is 0 Å². The maximum absolute atomic E-state index is 12.7. The summed E-state index contributed by atoms with van der Waals surface area (Å²) in [7, 11) is 0. The lowest BCUT2D eigenvalue weighted by atomic mass is 10.2. The second-order valence-corrected chi connectivity index (χ2v) is 5.11. The van der Waals surface area contributed by atoms with Crippen molar-refractivity contribution in [1.29, 1.82) is 0 Å². The van der Waals surface area contributed by atoms with E-state index in [2.05, 4.69) is 16.5 Å². The number of nitrogens with zero attached hydrogens (tertiary/aromatic N) is 3. The number of benzene rings is 1. The Bertz CT molecular complexity index is 842. The number of aryl methyl sites for hydroxylation is 1. The van der Waals surface area contributed by atoms with Crippen LogP contribution < -0.4 is 5.56 Å². The predicted octanol–water partition coefficient (Wildman–Crippen LogP) is 2.93. The fraction of sp³-hybridized carbons (Fsp3) is 0.375. The summed E-state index contributed by atoms with van der Waals surface area (Å²) in [5.74, 6) is 0.757. The van der Waals surface area contributed by atoms with Gasteiger partial charge in [0.15, 0.2) is 0 Å². The van der Waals surface area contributed by atoms with E-state index in [0.29, 0.717) is 0 Å². The zero-order chi connectivity index (χ0) is 14.3. The van der Waals surface area contributed by atoms with Crippen LogP contribution in [0.15, 0.2) is 29.1 Å². The largest absolute Gasteiger partial charge is 0.315 e. The number of hydrogen-bond acceptors (Lipinski definition) is 2. The standard InChI is InChI=1S/C16H19N3O/c1-4-10-18-11(3)12(5-2)15(20)19-14-9-7-6-8-13(14)17-16(18)19/h6-9H,4-5,10H2,1-3H3. The van der Waals surface area contributed by atoms with Crippen LogP contribution in [0.5, 0.6) is 0 Å². The Morgan fingerprint density at radius 3 is 2.65 bits per heavy atom. The Kier molecular flexibility index (Phi) is 3.08. The first kappa shape index (κ1) is 12.9. The van der Waals surface area contributed by atoms with Crippen LogP contribution in [0.4, 0.5) is 0 Å². The van der Waals surface area contributed by atoms with Gasteiger partial charge in [-0.25, -0.2) is 9.38 Å². The van der Waals surface area contributed by atoms with Crippen LogP contribution >= 0.6 is 0 Å². The van der Waals surface area contributed by atoms with Gasteiger partial charge in [-0.1, -0.05) is 26.0 Å². The number of fused-ring (bicyclic) bond motifs is 3. The maximum atomic E-state index is 12.7. The van der Waals surface area contributed by atoms with Crippen LogP contribution in [-0.2, 0) is 13.0 Å². The lowest BCUT2D eigenvalue weighted by molar-refractivity contribution is 0.647. The number of hydrogen-bond donors (Lipinski definition) is 0. The summed E-state index contributed by atoms with van der Waals surface area (Å²) >= 11 is 0. The highest BCUT2D eigenvalue weighted by Gasteiger charge is 2.16. The van der Waals surface area contributed by atoms with Gasteiger partial charge in [0.05, 0.1) is 11.0 Å². The Morgan fingerprint density at radius 2 is 1.95 bits per heavy atom. The predicted molar refractivity (Wildman–Crippen MR) is 81.4 cm³/mol. The molecular weight excluding hydrogens is 250 g/mol. The minimum Gasteiger partial charge on any atom is -0.315 e. The Morgan fingerprint density at radius 1 is 1.20 bits per heavy atom. The zero-order valence-electron chi connectivity index (χ0n) is 12.2. The zero-order valence-corrected chi connectivity index (χ0v) is 12.2. The average molecular weight is 269 g/mol. The summed E-state index contributed by atoms with van der Waals surface area (Å²) in [6.45, 7) is 7.08. The molecule has 20 heavy (non-hydrogen) atoms. The van der Waals surface area contributed by atoms with Crippen molar-refractivity contribution in [2.24, 2.45) is 0 Å². The van der Waals surface area contributed by atoms with E-state index in [0.717, 1.165) is 47.5 Å². The van der Waals surface area contributed by atoms with Gasteiger partial charge in [-0.05, 0) is 31.9 Å². The molecule has 0 saturated heterocycles. The van der Waals surface area contributed by atoms with Gasteiger partial charge >= 0.3 is 0 Å². The number of rotatable bonds is 3. The van der Waals surface area contributed by atoms with Crippen molar-refractivity contribution in [3.8, 4) is 0 Å². The molecule has 2 aromatic heterocycles. The summed E-state index contributed by atoms with van der Waals surface area (Å²) in [5, 5.41) is 0. The molecule has 0 bridgehead atoms. The fourth-order valence-electron chi connectivity index (χ4n) is 2.90. The quantitative estimate of drug-likeness (QED) is 0.733. The van der Waals surface area contributed by atoms with Crippen LogP contribution in [-0.4, -0.2) is 14.0 Å². The SMILES string of the molecule is CCCn1c(C)c(CC)c(=O)n2c3ccccc3nc12. The third kappa shape index (κ3) is 1.68. The average Bonchev–Trinajstić information content (AvgIpc) is 2.83. The van der Waals surface area contributed by atoms with Crippen molar-refractivity contribution in [3.05, 3.63) is 45.9 Å². The van der Waals surface area contributed by atoms with Crippen LogP contribution in [0, 0.1) is 6.92 Å². The molecule has 0 aliphatic heterocycles. The minimum absolute atomic E-state index is 0.0704. The van der Waals surface area contributed by atoms with E-state index in [4.69, 9.17) is 0 Å². The molecule has 4 nitrogen and oxygen atoms in total. The van der Waals surface area contributed by atoms with Crippen LogP contribution in [0.1, 0.15) is 31.5 Å². The Hall–Kier alpha value is -2.10.